The summed E-state index contributed by atoms with van der Waals surface area (Å²) in [7, 11) is -3.61. The average molecular weight is 535 g/mol. The fourth-order valence-electron chi connectivity index (χ4n) is 4.02. The van der Waals surface area contributed by atoms with E-state index in [9.17, 15) is 26.4 Å². The van der Waals surface area contributed by atoms with Gasteiger partial charge in [-0.2, -0.15) is 18.2 Å². The molecule has 2 heterocycles. The van der Waals surface area contributed by atoms with Crippen molar-refractivity contribution < 1.29 is 26.4 Å². The number of rotatable bonds is 8. The molecule has 2 aromatic carbocycles. The molecule has 1 aromatic heterocycles. The Bertz CT molecular complexity index is 1460. The van der Waals surface area contributed by atoms with Crippen molar-refractivity contribution in [1.82, 2.24) is 9.97 Å². The number of carbonyl (C=O) groups excluding carboxylic acids is 1. The molecule has 37 heavy (non-hydrogen) atoms. The van der Waals surface area contributed by atoms with Gasteiger partial charge in [0.15, 0.2) is 0 Å². The van der Waals surface area contributed by atoms with Gasteiger partial charge < -0.3 is 16.0 Å². The molecule has 0 spiro atoms. The lowest BCUT2D eigenvalue weighted by Crippen LogP contribution is -2.30. The monoisotopic (exact) mass is 534 g/mol. The average Bonchev–Trinajstić information content (AvgIpc) is 3.16. The van der Waals surface area contributed by atoms with Gasteiger partial charge in [-0.1, -0.05) is 18.2 Å². The molecule has 4 rings (SSSR count). The van der Waals surface area contributed by atoms with Crippen molar-refractivity contribution in [3.05, 3.63) is 64.8 Å². The number of sulfonamides is 1. The van der Waals surface area contributed by atoms with Crippen LogP contribution in [0.2, 0.25) is 0 Å². The summed E-state index contributed by atoms with van der Waals surface area (Å²) in [6.45, 7) is 3.51. The van der Waals surface area contributed by atoms with Crippen LogP contribution in [0.15, 0.2) is 42.6 Å². The van der Waals surface area contributed by atoms with Crippen molar-refractivity contribution in [2.75, 3.05) is 33.1 Å². The highest BCUT2D eigenvalue weighted by Gasteiger charge is 2.35. The standard InChI is InChI=1S/C24H25F3N6O3S/c1-4-33(37(3,35)36)20-9-14(2)5-6-16(20)12-28-22-18(24(25,26)27)13-29-23(32-22)30-17-8-7-15-10-21(34)31-19(15)11-17/h5-9,11,13H,4,10,12H2,1-3H3,(H,31,34)(H2,28,29,30,32). The lowest BCUT2D eigenvalue weighted by atomic mass is 10.1. The third-order valence-electron chi connectivity index (χ3n) is 5.73. The SMILES string of the molecule is CCN(c1cc(C)ccc1CNc1nc(Nc2ccc3c(c2)NC(=O)C3)ncc1C(F)(F)F)S(C)(=O)=O. The minimum atomic E-state index is -4.73. The number of fused-ring (bicyclic) bond motifs is 1. The molecule has 0 fully saturated rings. The van der Waals surface area contributed by atoms with Gasteiger partial charge in [0.05, 0.1) is 18.4 Å². The van der Waals surface area contributed by atoms with E-state index < -0.39 is 27.6 Å². The second-order valence-corrected chi connectivity index (χ2v) is 10.5. The van der Waals surface area contributed by atoms with Crippen LogP contribution in [0.3, 0.4) is 0 Å². The number of nitrogens with zero attached hydrogens (tertiary/aromatic N) is 3. The van der Waals surface area contributed by atoms with Gasteiger partial charge in [-0.15, -0.1) is 0 Å². The molecule has 0 radical (unpaired) electrons. The van der Waals surface area contributed by atoms with E-state index in [4.69, 9.17) is 0 Å². The van der Waals surface area contributed by atoms with E-state index >= 15 is 0 Å². The van der Waals surface area contributed by atoms with Crippen LogP contribution >= 0.6 is 0 Å². The van der Waals surface area contributed by atoms with Crippen molar-refractivity contribution in [2.24, 2.45) is 0 Å². The molecule has 9 nitrogen and oxygen atoms in total. The van der Waals surface area contributed by atoms with E-state index in [1.54, 1.807) is 50.2 Å². The predicted molar refractivity (Wildman–Crippen MR) is 135 cm³/mol. The first kappa shape index (κ1) is 26.2. The van der Waals surface area contributed by atoms with Gasteiger partial charge >= 0.3 is 6.18 Å². The topological polar surface area (TPSA) is 116 Å². The van der Waals surface area contributed by atoms with Crippen LogP contribution in [-0.4, -0.2) is 37.1 Å². The molecule has 196 valence electrons. The maximum absolute atomic E-state index is 13.7. The number of aromatic nitrogens is 2. The van der Waals surface area contributed by atoms with Crippen LogP contribution in [0.4, 0.5) is 42.0 Å². The first-order chi connectivity index (χ1) is 17.3. The lowest BCUT2D eigenvalue weighted by molar-refractivity contribution is -0.137. The molecule has 0 unspecified atom stereocenters. The Kier molecular flexibility index (Phi) is 7.00. The van der Waals surface area contributed by atoms with E-state index in [0.29, 0.717) is 28.8 Å². The number of anilines is 5. The van der Waals surface area contributed by atoms with Gasteiger partial charge in [0.2, 0.25) is 21.9 Å². The maximum Gasteiger partial charge on any atom is 0.421 e. The Morgan fingerprint density at radius 2 is 1.92 bits per heavy atom. The quantitative estimate of drug-likeness (QED) is 0.391. The van der Waals surface area contributed by atoms with E-state index in [-0.39, 0.29) is 31.4 Å². The minimum Gasteiger partial charge on any atom is -0.365 e. The highest BCUT2D eigenvalue weighted by Crippen LogP contribution is 2.35. The summed E-state index contributed by atoms with van der Waals surface area (Å²) in [5.74, 6) is -0.694. The molecule has 13 heteroatoms. The molecule has 1 aliphatic rings. The predicted octanol–water partition coefficient (Wildman–Crippen LogP) is 4.44. The maximum atomic E-state index is 13.7. The highest BCUT2D eigenvalue weighted by molar-refractivity contribution is 7.92. The summed E-state index contributed by atoms with van der Waals surface area (Å²) in [5.41, 5.74) is 2.50. The number of amides is 1. The van der Waals surface area contributed by atoms with E-state index in [1.807, 2.05) is 0 Å². The zero-order chi connectivity index (χ0) is 27.0. The Balaban J connectivity index is 1.64. The van der Waals surface area contributed by atoms with Crippen LogP contribution in [0.1, 0.15) is 29.2 Å². The summed E-state index contributed by atoms with van der Waals surface area (Å²) in [4.78, 5) is 19.4. The van der Waals surface area contributed by atoms with E-state index in [1.165, 1.54) is 4.31 Å². The van der Waals surface area contributed by atoms with E-state index in [2.05, 4.69) is 25.9 Å². The van der Waals surface area contributed by atoms with Crippen LogP contribution < -0.4 is 20.3 Å². The number of aryl methyl sites for hydroxylation is 1. The molecular weight excluding hydrogens is 509 g/mol. The van der Waals surface area contributed by atoms with Crippen molar-refractivity contribution in [3.8, 4) is 0 Å². The summed E-state index contributed by atoms with van der Waals surface area (Å²) >= 11 is 0. The first-order valence-corrected chi connectivity index (χ1v) is 13.1. The summed E-state index contributed by atoms with van der Waals surface area (Å²) in [6.07, 6.45) is -2.71. The lowest BCUT2D eigenvalue weighted by Gasteiger charge is -2.24. The fourth-order valence-corrected chi connectivity index (χ4v) is 5.02. The molecule has 0 saturated heterocycles. The molecule has 0 bridgehead atoms. The summed E-state index contributed by atoms with van der Waals surface area (Å²) < 4.78 is 67.0. The van der Waals surface area contributed by atoms with Crippen molar-refractivity contribution in [1.29, 1.82) is 0 Å². The largest absolute Gasteiger partial charge is 0.421 e. The Labute approximate surface area is 212 Å². The zero-order valence-electron chi connectivity index (χ0n) is 20.3. The van der Waals surface area contributed by atoms with Gasteiger partial charge in [-0.05, 0) is 48.7 Å². The Hall–Kier alpha value is -3.87. The molecule has 0 atom stereocenters. The van der Waals surface area contributed by atoms with Gasteiger partial charge in [-0.3, -0.25) is 9.10 Å². The molecular formula is C24H25F3N6O3S. The van der Waals surface area contributed by atoms with Crippen molar-refractivity contribution >= 4 is 44.8 Å². The number of halogens is 3. The van der Waals surface area contributed by atoms with Crippen LogP contribution in [0.5, 0.6) is 0 Å². The van der Waals surface area contributed by atoms with Crippen LogP contribution in [0.25, 0.3) is 0 Å². The fraction of sp³-hybridized carbons (Fsp3) is 0.292. The first-order valence-electron chi connectivity index (χ1n) is 11.3. The van der Waals surface area contributed by atoms with Gasteiger partial charge in [0, 0.05) is 30.7 Å². The van der Waals surface area contributed by atoms with Gasteiger partial charge in [-0.25, -0.2) is 13.4 Å². The molecule has 0 saturated carbocycles. The normalized spacial score (nSPS) is 13.2. The smallest absolute Gasteiger partial charge is 0.365 e. The third-order valence-corrected chi connectivity index (χ3v) is 6.98. The zero-order valence-corrected chi connectivity index (χ0v) is 21.1. The molecule has 1 amide bonds. The number of hydrogen-bond acceptors (Lipinski definition) is 7. The van der Waals surface area contributed by atoms with Crippen LogP contribution in [0, 0.1) is 6.92 Å². The minimum absolute atomic E-state index is 0.0878. The molecule has 3 aromatic rings. The second kappa shape index (κ2) is 9.88. The summed E-state index contributed by atoms with van der Waals surface area (Å²) in [5, 5.41) is 8.28. The van der Waals surface area contributed by atoms with Gasteiger partial charge in [0.1, 0.15) is 11.4 Å². The Morgan fingerprint density at radius 3 is 2.59 bits per heavy atom. The van der Waals surface area contributed by atoms with E-state index in [0.717, 1.165) is 17.4 Å². The van der Waals surface area contributed by atoms with Crippen molar-refractivity contribution in [3.63, 3.8) is 0 Å². The molecule has 3 N–H and O–H groups in total. The third kappa shape index (κ3) is 5.93. The number of benzene rings is 2. The second-order valence-electron chi connectivity index (χ2n) is 8.59. The van der Waals surface area contributed by atoms with Crippen molar-refractivity contribution in [2.45, 2.75) is 33.0 Å². The number of carbonyl (C=O) groups is 1. The highest BCUT2D eigenvalue weighted by atomic mass is 32.2. The number of alkyl halides is 3. The Morgan fingerprint density at radius 1 is 1.16 bits per heavy atom. The number of nitrogens with one attached hydrogen (secondary N) is 3. The molecule has 0 aliphatic carbocycles. The molecule has 1 aliphatic heterocycles. The summed E-state index contributed by atoms with van der Waals surface area (Å²) in [6, 6.07) is 10.2. The van der Waals surface area contributed by atoms with Gasteiger partial charge in [0.25, 0.3) is 0 Å². The van der Waals surface area contributed by atoms with Crippen LogP contribution in [-0.2, 0) is 34.0 Å². The number of hydrogen-bond donors (Lipinski definition) is 3.